The van der Waals surface area contributed by atoms with Crippen molar-refractivity contribution in [3.05, 3.63) is 0 Å². The molecule has 1 unspecified atom stereocenters. The zero-order valence-electron chi connectivity index (χ0n) is 10.5. The fourth-order valence-corrected chi connectivity index (χ4v) is 2.34. The van der Waals surface area contributed by atoms with Crippen LogP contribution in [0.5, 0.6) is 0 Å². The van der Waals surface area contributed by atoms with Crippen LogP contribution in [0.25, 0.3) is 0 Å². The third-order valence-electron chi connectivity index (χ3n) is 2.60. The summed E-state index contributed by atoms with van der Waals surface area (Å²) in [5, 5.41) is 0. The van der Waals surface area contributed by atoms with Crippen molar-refractivity contribution < 1.29 is 26.3 Å². The molecule has 0 heterocycles. The van der Waals surface area contributed by atoms with Crippen molar-refractivity contribution >= 4 is 8.58 Å². The SMILES string of the molecule is CCCCCCC(F)(F)C(F)(F)C(F)(F)PCC. The van der Waals surface area contributed by atoms with Crippen LogP contribution in [0.1, 0.15) is 46.0 Å². The maximum Gasteiger partial charge on any atom is 0.375 e. The van der Waals surface area contributed by atoms with Gasteiger partial charge in [0, 0.05) is 6.42 Å². The highest BCUT2D eigenvalue weighted by Crippen LogP contribution is 2.55. The molecule has 0 fully saturated rings. The van der Waals surface area contributed by atoms with Crippen molar-refractivity contribution in [2.45, 2.75) is 63.5 Å². The molecule has 18 heavy (non-hydrogen) atoms. The summed E-state index contributed by atoms with van der Waals surface area (Å²) in [6.07, 6.45) is 0.147. The molecule has 0 aromatic carbocycles. The molecule has 0 aliphatic carbocycles. The Morgan fingerprint density at radius 3 is 1.83 bits per heavy atom. The Hall–Kier alpha value is 0.01000. The Kier molecular flexibility index (Phi) is 6.97. The molecule has 0 amide bonds. The normalized spacial score (nSPS) is 14.7. The number of unbranched alkanes of at least 4 members (excludes halogenated alkanes) is 3. The molecule has 0 saturated carbocycles. The monoisotopic (exact) mass is 296 g/mol. The quantitative estimate of drug-likeness (QED) is 0.298. The zero-order valence-corrected chi connectivity index (χ0v) is 11.5. The van der Waals surface area contributed by atoms with Crippen molar-refractivity contribution in [3.63, 3.8) is 0 Å². The molecule has 7 heteroatoms. The zero-order chi connectivity index (χ0) is 14.4. The van der Waals surface area contributed by atoms with E-state index in [1.54, 1.807) is 0 Å². The van der Waals surface area contributed by atoms with E-state index in [4.69, 9.17) is 0 Å². The van der Waals surface area contributed by atoms with E-state index in [0.29, 0.717) is 12.8 Å². The number of hydrogen-bond acceptors (Lipinski definition) is 0. The number of hydrogen-bond donors (Lipinski definition) is 0. The van der Waals surface area contributed by atoms with Crippen LogP contribution < -0.4 is 0 Å². The lowest BCUT2D eigenvalue weighted by Crippen LogP contribution is -2.51. The highest BCUT2D eigenvalue weighted by molar-refractivity contribution is 7.39. The van der Waals surface area contributed by atoms with Gasteiger partial charge in [-0.2, -0.15) is 26.3 Å². The van der Waals surface area contributed by atoms with Gasteiger partial charge in [0.2, 0.25) is 0 Å². The van der Waals surface area contributed by atoms with E-state index in [1.807, 2.05) is 6.92 Å². The van der Waals surface area contributed by atoms with Gasteiger partial charge in [0.05, 0.1) is 0 Å². The van der Waals surface area contributed by atoms with Crippen LogP contribution in [0.15, 0.2) is 0 Å². The van der Waals surface area contributed by atoms with Gasteiger partial charge < -0.3 is 0 Å². The fourth-order valence-electron chi connectivity index (χ4n) is 1.49. The first-order valence-corrected chi connectivity index (χ1v) is 7.21. The second-order valence-corrected chi connectivity index (χ2v) is 5.88. The molecular weight excluding hydrogens is 277 g/mol. The molecular formula is C11H19F6P. The summed E-state index contributed by atoms with van der Waals surface area (Å²) < 4.78 is 78.9. The molecule has 0 aliphatic heterocycles. The maximum absolute atomic E-state index is 13.2. The number of rotatable bonds is 9. The first-order chi connectivity index (χ1) is 8.12. The molecule has 0 spiro atoms. The fraction of sp³-hybridized carbons (Fsp3) is 1.00. The Morgan fingerprint density at radius 1 is 0.833 bits per heavy atom. The van der Waals surface area contributed by atoms with E-state index >= 15 is 0 Å². The summed E-state index contributed by atoms with van der Waals surface area (Å²) in [5.74, 6) is -9.91. The molecule has 0 radical (unpaired) electrons. The molecule has 0 rings (SSSR count). The van der Waals surface area contributed by atoms with Crippen LogP contribution in [0, 0.1) is 0 Å². The average Bonchev–Trinajstić information content (AvgIpc) is 2.24. The van der Waals surface area contributed by atoms with Gasteiger partial charge >= 0.3 is 17.5 Å². The standard InChI is InChI=1S/C11H19F6P/c1-3-5-6-7-8-9(12,13)10(14,15)11(16,17)18-4-2/h18H,3-8H2,1-2H3. The van der Waals surface area contributed by atoms with E-state index in [0.717, 1.165) is 6.42 Å². The summed E-state index contributed by atoms with van der Waals surface area (Å²) in [4.78, 5) is 0. The van der Waals surface area contributed by atoms with Gasteiger partial charge in [-0.05, 0) is 21.2 Å². The topological polar surface area (TPSA) is 0 Å². The van der Waals surface area contributed by atoms with E-state index in [9.17, 15) is 26.3 Å². The van der Waals surface area contributed by atoms with Crippen molar-refractivity contribution in [1.82, 2.24) is 0 Å². The lowest BCUT2D eigenvalue weighted by Gasteiger charge is -2.32. The molecule has 0 saturated heterocycles. The van der Waals surface area contributed by atoms with Gasteiger partial charge in [0.25, 0.3) is 0 Å². The van der Waals surface area contributed by atoms with Crippen LogP contribution in [0.3, 0.4) is 0 Å². The van der Waals surface area contributed by atoms with Crippen LogP contribution in [-0.2, 0) is 0 Å². The van der Waals surface area contributed by atoms with Crippen LogP contribution in [-0.4, -0.2) is 23.7 Å². The van der Waals surface area contributed by atoms with Crippen LogP contribution >= 0.6 is 8.58 Å². The number of alkyl halides is 6. The molecule has 0 aromatic rings. The van der Waals surface area contributed by atoms with Gasteiger partial charge in [-0.1, -0.05) is 33.1 Å². The second kappa shape index (κ2) is 6.97. The lowest BCUT2D eigenvalue weighted by atomic mass is 10.0. The van der Waals surface area contributed by atoms with Gasteiger partial charge in [-0.25, -0.2) is 0 Å². The van der Waals surface area contributed by atoms with Crippen molar-refractivity contribution in [2.24, 2.45) is 0 Å². The molecule has 0 aromatic heterocycles. The molecule has 0 nitrogen and oxygen atoms in total. The molecule has 0 N–H and O–H groups in total. The van der Waals surface area contributed by atoms with Crippen molar-refractivity contribution in [1.29, 1.82) is 0 Å². The van der Waals surface area contributed by atoms with Gasteiger partial charge in [0.1, 0.15) is 0 Å². The second-order valence-electron chi connectivity index (χ2n) is 4.19. The summed E-state index contributed by atoms with van der Waals surface area (Å²) >= 11 is 0. The van der Waals surface area contributed by atoms with Gasteiger partial charge in [-0.3, -0.25) is 0 Å². The third kappa shape index (κ3) is 4.29. The third-order valence-corrected chi connectivity index (χ3v) is 3.71. The average molecular weight is 296 g/mol. The minimum Gasteiger partial charge on any atom is -0.200 e. The van der Waals surface area contributed by atoms with Gasteiger partial charge in [0.15, 0.2) is 0 Å². The largest absolute Gasteiger partial charge is 0.375 e. The first kappa shape index (κ1) is 18.0. The summed E-state index contributed by atoms with van der Waals surface area (Å²) in [7, 11) is -1.49. The number of halogens is 6. The van der Waals surface area contributed by atoms with E-state index < -0.39 is 32.5 Å². The Bertz CT molecular complexity index is 242. The van der Waals surface area contributed by atoms with Crippen molar-refractivity contribution in [3.8, 4) is 0 Å². The van der Waals surface area contributed by atoms with Crippen molar-refractivity contribution in [2.75, 3.05) is 6.16 Å². The highest BCUT2D eigenvalue weighted by Gasteiger charge is 2.70. The van der Waals surface area contributed by atoms with E-state index in [1.165, 1.54) is 6.92 Å². The predicted molar refractivity (Wildman–Crippen MR) is 62.5 cm³/mol. The first-order valence-electron chi connectivity index (χ1n) is 6.01. The Labute approximate surface area is 105 Å². The van der Waals surface area contributed by atoms with Crippen LogP contribution in [0.4, 0.5) is 26.3 Å². The van der Waals surface area contributed by atoms with E-state index in [2.05, 4.69) is 0 Å². The summed E-state index contributed by atoms with van der Waals surface area (Å²) in [5.41, 5.74) is -4.63. The maximum atomic E-state index is 13.2. The molecule has 1 atom stereocenters. The predicted octanol–water partition coefficient (Wildman–Crippen LogP) is 5.52. The summed E-state index contributed by atoms with van der Waals surface area (Å²) in [6.45, 7) is 3.10. The molecule has 0 aliphatic rings. The van der Waals surface area contributed by atoms with Crippen LogP contribution in [0.2, 0.25) is 0 Å². The summed E-state index contributed by atoms with van der Waals surface area (Å²) in [6, 6.07) is 0. The van der Waals surface area contributed by atoms with E-state index in [-0.39, 0.29) is 12.6 Å². The smallest absolute Gasteiger partial charge is 0.200 e. The Balaban J connectivity index is 4.63. The lowest BCUT2D eigenvalue weighted by molar-refractivity contribution is -0.280. The van der Waals surface area contributed by atoms with Gasteiger partial charge in [-0.15, -0.1) is 0 Å². The molecule has 110 valence electrons. The minimum absolute atomic E-state index is 0.165. The molecule has 0 bridgehead atoms. The highest BCUT2D eigenvalue weighted by atomic mass is 31.1. The minimum atomic E-state index is -5.26. The Morgan fingerprint density at radius 2 is 1.39 bits per heavy atom.